The molecule has 0 radical (unpaired) electrons. The van der Waals surface area contributed by atoms with Crippen LogP contribution in [0.3, 0.4) is 0 Å². The van der Waals surface area contributed by atoms with E-state index >= 15 is 0 Å². The van der Waals surface area contributed by atoms with Crippen molar-refractivity contribution < 1.29 is 29.3 Å². The maximum absolute atomic E-state index is 12.1. The summed E-state index contributed by atoms with van der Waals surface area (Å²) in [5.74, 6) is -2.78. The van der Waals surface area contributed by atoms with Crippen LogP contribution in [0.25, 0.3) is 0 Å². The van der Waals surface area contributed by atoms with E-state index in [0.717, 1.165) is 0 Å². The third-order valence-electron chi connectivity index (χ3n) is 2.66. The van der Waals surface area contributed by atoms with Gasteiger partial charge in [0.05, 0.1) is 12.7 Å². The lowest BCUT2D eigenvalue weighted by Gasteiger charge is -2.15. The molecule has 1 unspecified atom stereocenters. The lowest BCUT2D eigenvalue weighted by atomic mass is 10.1. The SMILES string of the molecule is COc1cc(Br)ccc1C(=O)NC(CCC(=O)O)C(=O)O. The summed E-state index contributed by atoms with van der Waals surface area (Å²) in [6.07, 6.45) is -0.552. The highest BCUT2D eigenvalue weighted by Gasteiger charge is 2.23. The zero-order valence-electron chi connectivity index (χ0n) is 11.1. The second-order valence-electron chi connectivity index (χ2n) is 4.14. The molecule has 114 valence electrons. The molecule has 3 N–H and O–H groups in total. The number of hydrogen-bond acceptors (Lipinski definition) is 4. The highest BCUT2D eigenvalue weighted by atomic mass is 79.9. The number of carboxylic acid groups (broad SMARTS) is 2. The molecule has 0 aliphatic heterocycles. The molecule has 0 aromatic heterocycles. The van der Waals surface area contributed by atoms with E-state index in [0.29, 0.717) is 4.47 Å². The minimum Gasteiger partial charge on any atom is -0.496 e. The summed E-state index contributed by atoms with van der Waals surface area (Å²) in [6, 6.07) is 3.39. The largest absolute Gasteiger partial charge is 0.496 e. The number of carboxylic acids is 2. The van der Waals surface area contributed by atoms with E-state index in [1.54, 1.807) is 12.1 Å². The van der Waals surface area contributed by atoms with Crippen molar-refractivity contribution in [3.63, 3.8) is 0 Å². The zero-order valence-corrected chi connectivity index (χ0v) is 12.7. The molecule has 1 rings (SSSR count). The van der Waals surface area contributed by atoms with Crippen LogP contribution in [0.2, 0.25) is 0 Å². The molecular formula is C13H14BrNO6. The van der Waals surface area contributed by atoms with Crippen molar-refractivity contribution in [3.8, 4) is 5.75 Å². The molecule has 1 amide bonds. The molecular weight excluding hydrogens is 346 g/mol. The maximum Gasteiger partial charge on any atom is 0.326 e. The van der Waals surface area contributed by atoms with Crippen molar-refractivity contribution >= 4 is 33.8 Å². The third-order valence-corrected chi connectivity index (χ3v) is 3.15. The molecule has 0 bridgehead atoms. The number of amides is 1. The molecule has 8 heteroatoms. The third kappa shape index (κ3) is 5.07. The first kappa shape index (κ1) is 17.0. The van der Waals surface area contributed by atoms with Gasteiger partial charge in [0.25, 0.3) is 5.91 Å². The molecule has 0 saturated carbocycles. The number of benzene rings is 1. The summed E-state index contributed by atoms with van der Waals surface area (Å²) >= 11 is 3.23. The van der Waals surface area contributed by atoms with Crippen molar-refractivity contribution in [2.75, 3.05) is 7.11 Å². The summed E-state index contributed by atoms with van der Waals surface area (Å²) in [5.41, 5.74) is 0.169. The smallest absolute Gasteiger partial charge is 0.326 e. The van der Waals surface area contributed by atoms with Crippen LogP contribution in [0.15, 0.2) is 22.7 Å². The first-order valence-corrected chi connectivity index (χ1v) is 6.73. The van der Waals surface area contributed by atoms with Gasteiger partial charge in [-0.15, -0.1) is 0 Å². The molecule has 0 fully saturated rings. The lowest BCUT2D eigenvalue weighted by Crippen LogP contribution is -2.41. The van der Waals surface area contributed by atoms with Gasteiger partial charge in [-0.05, 0) is 24.6 Å². The lowest BCUT2D eigenvalue weighted by molar-refractivity contribution is -0.140. The van der Waals surface area contributed by atoms with Crippen molar-refractivity contribution in [3.05, 3.63) is 28.2 Å². The number of nitrogens with one attached hydrogen (secondary N) is 1. The van der Waals surface area contributed by atoms with E-state index in [4.69, 9.17) is 14.9 Å². The Labute approximate surface area is 129 Å². The van der Waals surface area contributed by atoms with E-state index in [2.05, 4.69) is 21.2 Å². The highest BCUT2D eigenvalue weighted by molar-refractivity contribution is 9.10. The topological polar surface area (TPSA) is 113 Å². The van der Waals surface area contributed by atoms with Crippen molar-refractivity contribution in [2.24, 2.45) is 0 Å². The van der Waals surface area contributed by atoms with E-state index in [9.17, 15) is 14.4 Å². The quantitative estimate of drug-likeness (QED) is 0.679. The Morgan fingerprint density at radius 1 is 1.33 bits per heavy atom. The van der Waals surface area contributed by atoms with Gasteiger partial charge < -0.3 is 20.3 Å². The molecule has 1 aromatic rings. The predicted molar refractivity (Wildman–Crippen MR) is 76.5 cm³/mol. The Hall–Kier alpha value is -2.09. The average Bonchev–Trinajstić information content (AvgIpc) is 2.42. The zero-order chi connectivity index (χ0) is 16.0. The number of aliphatic carboxylic acids is 2. The molecule has 0 heterocycles. The first-order valence-electron chi connectivity index (χ1n) is 5.94. The van der Waals surface area contributed by atoms with Gasteiger partial charge in [0, 0.05) is 10.9 Å². The Morgan fingerprint density at radius 3 is 2.52 bits per heavy atom. The molecule has 0 spiro atoms. The van der Waals surface area contributed by atoms with E-state index < -0.39 is 23.9 Å². The van der Waals surface area contributed by atoms with Crippen molar-refractivity contribution in [2.45, 2.75) is 18.9 Å². The number of carbonyl (C=O) groups is 3. The summed E-state index contributed by atoms with van der Waals surface area (Å²) in [5, 5.41) is 19.9. The second kappa shape index (κ2) is 7.63. The van der Waals surface area contributed by atoms with Crippen LogP contribution < -0.4 is 10.1 Å². The summed E-state index contributed by atoms with van der Waals surface area (Å²) in [6.45, 7) is 0. The van der Waals surface area contributed by atoms with Crippen LogP contribution in [-0.2, 0) is 9.59 Å². The number of hydrogen-bond donors (Lipinski definition) is 3. The normalized spacial score (nSPS) is 11.5. The molecule has 7 nitrogen and oxygen atoms in total. The van der Waals surface area contributed by atoms with Crippen molar-refractivity contribution in [1.82, 2.24) is 5.32 Å². The van der Waals surface area contributed by atoms with Gasteiger partial charge in [0.2, 0.25) is 0 Å². The Kier molecular flexibility index (Phi) is 6.16. The van der Waals surface area contributed by atoms with E-state index in [-0.39, 0.29) is 24.2 Å². The van der Waals surface area contributed by atoms with E-state index in [1.165, 1.54) is 13.2 Å². The van der Waals surface area contributed by atoms with Gasteiger partial charge in [-0.25, -0.2) is 4.79 Å². The van der Waals surface area contributed by atoms with Gasteiger partial charge in [-0.3, -0.25) is 9.59 Å². The average molecular weight is 360 g/mol. The molecule has 1 atom stereocenters. The predicted octanol–water partition coefficient (Wildman–Crippen LogP) is 1.51. The summed E-state index contributed by atoms with van der Waals surface area (Å²) in [4.78, 5) is 33.6. The van der Waals surface area contributed by atoms with Gasteiger partial charge in [-0.2, -0.15) is 0 Å². The van der Waals surface area contributed by atoms with E-state index in [1.807, 2.05) is 0 Å². The van der Waals surface area contributed by atoms with Crippen LogP contribution >= 0.6 is 15.9 Å². The van der Waals surface area contributed by atoms with Gasteiger partial charge in [0.1, 0.15) is 11.8 Å². The molecule has 0 saturated heterocycles. The Morgan fingerprint density at radius 2 is 2.00 bits per heavy atom. The number of carbonyl (C=O) groups excluding carboxylic acids is 1. The fourth-order valence-electron chi connectivity index (χ4n) is 1.61. The standard InChI is InChI=1S/C13H14BrNO6/c1-21-10-6-7(14)2-3-8(10)12(18)15-9(13(19)20)4-5-11(16)17/h2-3,6,9H,4-5H2,1H3,(H,15,18)(H,16,17)(H,19,20). The number of ether oxygens (including phenoxy) is 1. The number of rotatable bonds is 7. The van der Waals surface area contributed by atoms with Gasteiger partial charge in [-0.1, -0.05) is 15.9 Å². The monoisotopic (exact) mass is 359 g/mol. The van der Waals surface area contributed by atoms with Crippen molar-refractivity contribution in [1.29, 1.82) is 0 Å². The first-order chi connectivity index (χ1) is 9.85. The van der Waals surface area contributed by atoms with Gasteiger partial charge in [0.15, 0.2) is 0 Å². The number of halogens is 1. The minimum atomic E-state index is -1.29. The molecule has 0 aliphatic carbocycles. The van der Waals surface area contributed by atoms with Crippen LogP contribution in [0.4, 0.5) is 0 Å². The summed E-state index contributed by atoms with van der Waals surface area (Å²) < 4.78 is 5.76. The second-order valence-corrected chi connectivity index (χ2v) is 5.06. The van der Waals surface area contributed by atoms with Crippen LogP contribution in [0, 0.1) is 0 Å². The Bertz CT molecular complexity index is 560. The fourth-order valence-corrected chi connectivity index (χ4v) is 1.95. The summed E-state index contributed by atoms with van der Waals surface area (Å²) in [7, 11) is 1.39. The van der Waals surface area contributed by atoms with Crippen LogP contribution in [-0.4, -0.2) is 41.2 Å². The van der Waals surface area contributed by atoms with Crippen LogP contribution in [0.1, 0.15) is 23.2 Å². The van der Waals surface area contributed by atoms with Gasteiger partial charge >= 0.3 is 11.9 Å². The molecule has 1 aromatic carbocycles. The minimum absolute atomic E-state index is 0.169. The maximum atomic E-state index is 12.1. The van der Waals surface area contributed by atoms with Crippen LogP contribution in [0.5, 0.6) is 5.75 Å². The highest BCUT2D eigenvalue weighted by Crippen LogP contribution is 2.23. The molecule has 21 heavy (non-hydrogen) atoms. The fraction of sp³-hybridized carbons (Fsp3) is 0.308. The molecule has 0 aliphatic rings. The Balaban J connectivity index is 2.86. The number of methoxy groups -OCH3 is 1.